The monoisotopic (exact) mass is 240 g/mol. The van der Waals surface area contributed by atoms with Crippen LogP contribution in [0.5, 0.6) is 0 Å². The van der Waals surface area contributed by atoms with Crippen LogP contribution in [0, 0.1) is 0 Å². The third-order valence-electron chi connectivity index (χ3n) is 1.00. The van der Waals surface area contributed by atoms with Gasteiger partial charge in [-0.3, -0.25) is 4.57 Å². The Bertz CT molecular complexity index is 177. The van der Waals surface area contributed by atoms with E-state index in [1.807, 2.05) is 0 Å². The molecule has 7 heteroatoms. The van der Waals surface area contributed by atoms with Gasteiger partial charge in [0.1, 0.15) is 0 Å². The molecule has 74 valence electrons. The molecular weight excluding hydrogens is 232 g/mol. The van der Waals surface area contributed by atoms with Crippen LogP contribution in [0.4, 0.5) is 8.78 Å². The zero-order valence-electron chi connectivity index (χ0n) is 6.40. The molecule has 0 N–H and O–H groups in total. The molecule has 12 heavy (non-hydrogen) atoms. The largest absolute Gasteiger partial charge is 0.380 e. The molecule has 0 saturated heterocycles. The van der Waals surface area contributed by atoms with E-state index < -0.39 is 12.0 Å². The Balaban J connectivity index is 3.41. The Morgan fingerprint density at radius 1 is 1.50 bits per heavy atom. The Hall–Kier alpha value is 0.630. The van der Waals surface area contributed by atoms with Crippen molar-refractivity contribution in [3.63, 3.8) is 0 Å². The Morgan fingerprint density at radius 2 is 2.00 bits per heavy atom. The molecule has 0 spiro atoms. The van der Waals surface area contributed by atoms with Crippen molar-refractivity contribution in [1.82, 2.24) is 0 Å². The molecule has 0 aromatic carbocycles. The Kier molecular flexibility index (Phi) is 5.00. The van der Waals surface area contributed by atoms with E-state index in [4.69, 9.17) is 22.5 Å². The first-order valence-electron chi connectivity index (χ1n) is 3.22. The highest BCUT2D eigenvalue weighted by atomic mass is 35.9. The molecule has 0 atom stereocenters. The molecule has 0 amide bonds. The summed E-state index contributed by atoms with van der Waals surface area (Å²) < 4.78 is 39.1. The van der Waals surface area contributed by atoms with E-state index in [1.165, 1.54) is 0 Å². The van der Waals surface area contributed by atoms with Crippen molar-refractivity contribution >= 4 is 28.6 Å². The normalized spacial score (nSPS) is 13.4. The zero-order chi connectivity index (χ0) is 9.83. The molecule has 2 nitrogen and oxygen atoms in total. The van der Waals surface area contributed by atoms with Crippen LogP contribution in [0.3, 0.4) is 0 Å². The summed E-state index contributed by atoms with van der Waals surface area (Å²) >= 11 is 9.99. The van der Waals surface area contributed by atoms with Gasteiger partial charge < -0.3 is 4.52 Å². The summed E-state index contributed by atoms with van der Waals surface area (Å²) in [6.45, 7) is 0.682. The summed E-state index contributed by atoms with van der Waals surface area (Å²) in [4.78, 5) is 0. The van der Waals surface area contributed by atoms with Crippen LogP contribution in [0.15, 0.2) is 0 Å². The van der Waals surface area contributed by atoms with Gasteiger partial charge in [0.25, 0.3) is 0 Å². The van der Waals surface area contributed by atoms with Crippen molar-refractivity contribution in [2.45, 2.75) is 25.7 Å². The van der Waals surface area contributed by atoms with E-state index in [2.05, 4.69) is 4.52 Å². The van der Waals surface area contributed by atoms with Crippen LogP contribution in [0.25, 0.3) is 0 Å². The minimum absolute atomic E-state index is 0.0763. The van der Waals surface area contributed by atoms with Gasteiger partial charge in [0.05, 0.1) is 6.61 Å². The van der Waals surface area contributed by atoms with Gasteiger partial charge in [-0.05, 0) is 35.8 Å². The molecule has 0 aliphatic heterocycles. The summed E-state index contributed by atoms with van der Waals surface area (Å²) in [6.07, 6.45) is -3.80. The lowest BCUT2D eigenvalue weighted by Crippen LogP contribution is -2.09. The Labute approximate surface area is 79.2 Å². The third kappa shape index (κ3) is 10.6. The molecule has 0 heterocycles. The van der Waals surface area contributed by atoms with Gasteiger partial charge >= 0.3 is 6.07 Å². The fraction of sp³-hybridized carbons (Fsp3) is 1.00. The summed E-state index contributed by atoms with van der Waals surface area (Å²) in [7, 11) is 0. The smallest absolute Gasteiger partial charge is 0.306 e. The van der Waals surface area contributed by atoms with E-state index in [1.54, 1.807) is 0 Å². The van der Waals surface area contributed by atoms with Crippen LogP contribution in [-0.2, 0) is 9.09 Å². The lowest BCUT2D eigenvalue weighted by atomic mass is 10.2. The summed E-state index contributed by atoms with van der Waals surface area (Å²) in [6, 6.07) is 0. The molecule has 0 fully saturated rings. The van der Waals surface area contributed by atoms with Crippen molar-refractivity contribution in [1.29, 1.82) is 0 Å². The SMILES string of the molecule is CC(F)(F)CCCOP(=O)(Cl)Cl. The highest BCUT2D eigenvalue weighted by Crippen LogP contribution is 2.57. The molecule has 0 unspecified atom stereocenters. The second kappa shape index (κ2) is 4.75. The van der Waals surface area contributed by atoms with Crippen molar-refractivity contribution in [2.75, 3.05) is 6.61 Å². The number of hydrogen-bond acceptors (Lipinski definition) is 2. The summed E-state index contributed by atoms with van der Waals surface area (Å²) in [5.74, 6) is -2.73. The molecule has 0 bridgehead atoms. The lowest BCUT2D eigenvalue weighted by molar-refractivity contribution is 0.00792. The van der Waals surface area contributed by atoms with E-state index in [9.17, 15) is 13.3 Å². The quantitative estimate of drug-likeness (QED) is 0.536. The molecule has 0 rings (SSSR count). The predicted octanol–water partition coefficient (Wildman–Crippen LogP) is 4.02. The van der Waals surface area contributed by atoms with E-state index in [0.29, 0.717) is 0 Å². The average molecular weight is 241 g/mol. The van der Waals surface area contributed by atoms with Crippen LogP contribution in [0.1, 0.15) is 19.8 Å². The highest BCUT2D eigenvalue weighted by molar-refractivity contribution is 8.05. The first-order chi connectivity index (χ1) is 5.21. The van der Waals surface area contributed by atoms with Crippen molar-refractivity contribution in [3.05, 3.63) is 0 Å². The van der Waals surface area contributed by atoms with Gasteiger partial charge in [-0.1, -0.05) is 0 Å². The second-order valence-electron chi connectivity index (χ2n) is 2.42. The zero-order valence-corrected chi connectivity index (χ0v) is 8.80. The van der Waals surface area contributed by atoms with Crippen molar-refractivity contribution < 1.29 is 17.9 Å². The standard InChI is InChI=1S/C5H9Cl2F2O2P/c1-5(8,9)3-2-4-11-12(6,7)10/h2-4H2,1H3. The van der Waals surface area contributed by atoms with Crippen molar-refractivity contribution in [2.24, 2.45) is 0 Å². The molecular formula is C5H9Cl2F2O2P. The van der Waals surface area contributed by atoms with E-state index >= 15 is 0 Å². The fourth-order valence-electron chi connectivity index (χ4n) is 0.553. The van der Waals surface area contributed by atoms with Crippen LogP contribution in [-0.4, -0.2) is 12.5 Å². The topological polar surface area (TPSA) is 26.3 Å². The third-order valence-corrected chi connectivity index (χ3v) is 2.07. The van der Waals surface area contributed by atoms with Crippen molar-refractivity contribution in [3.8, 4) is 0 Å². The first-order valence-corrected chi connectivity index (χ1v) is 6.66. The lowest BCUT2D eigenvalue weighted by Gasteiger charge is -2.09. The summed E-state index contributed by atoms with van der Waals surface area (Å²) in [5.41, 5.74) is 0. The van der Waals surface area contributed by atoms with Gasteiger partial charge in [0.2, 0.25) is 5.92 Å². The number of rotatable bonds is 5. The minimum Gasteiger partial charge on any atom is -0.306 e. The maximum Gasteiger partial charge on any atom is 0.380 e. The molecule has 0 aromatic heterocycles. The van der Waals surface area contributed by atoms with Gasteiger partial charge in [0, 0.05) is 6.42 Å². The van der Waals surface area contributed by atoms with E-state index in [-0.39, 0.29) is 19.4 Å². The maximum absolute atomic E-state index is 12.2. The van der Waals surface area contributed by atoms with Gasteiger partial charge in [-0.2, -0.15) is 0 Å². The molecule has 0 aromatic rings. The number of alkyl halides is 2. The average Bonchev–Trinajstić information content (AvgIpc) is 1.76. The molecule has 0 aliphatic rings. The number of halogens is 4. The molecule has 0 saturated carbocycles. The fourth-order valence-corrected chi connectivity index (χ4v) is 1.31. The maximum atomic E-state index is 12.2. The predicted molar refractivity (Wildman–Crippen MR) is 45.1 cm³/mol. The van der Waals surface area contributed by atoms with Crippen LogP contribution in [0.2, 0.25) is 0 Å². The molecule has 0 radical (unpaired) electrons. The second-order valence-corrected chi connectivity index (χ2v) is 6.70. The van der Waals surface area contributed by atoms with Crippen LogP contribution < -0.4 is 0 Å². The van der Waals surface area contributed by atoms with E-state index in [0.717, 1.165) is 6.92 Å². The van der Waals surface area contributed by atoms with Gasteiger partial charge in [-0.25, -0.2) is 8.78 Å². The number of hydrogen-bond donors (Lipinski definition) is 0. The first kappa shape index (κ1) is 12.6. The summed E-state index contributed by atoms with van der Waals surface area (Å²) in [5, 5.41) is 0. The Morgan fingerprint density at radius 3 is 2.33 bits per heavy atom. The minimum atomic E-state index is -3.55. The highest BCUT2D eigenvalue weighted by Gasteiger charge is 2.21. The molecule has 0 aliphatic carbocycles. The van der Waals surface area contributed by atoms with Crippen LogP contribution >= 0.6 is 28.6 Å². The van der Waals surface area contributed by atoms with Gasteiger partial charge in [0.15, 0.2) is 0 Å². The van der Waals surface area contributed by atoms with Gasteiger partial charge in [-0.15, -0.1) is 0 Å².